The monoisotopic (exact) mass is 760 g/mol. The van der Waals surface area contributed by atoms with Crippen molar-refractivity contribution < 1.29 is 37.3 Å². The molecule has 46 heavy (non-hydrogen) atoms. The maximum Gasteiger partial charge on any atom is 0.573 e. The number of ether oxygens (including phenoxy) is 3. The number of carbonyl (C=O) groups excluding carboxylic acids is 1. The fourth-order valence-corrected chi connectivity index (χ4v) is 5.94. The number of nitrogens with zero attached hydrogens (tertiary/aromatic N) is 1. The van der Waals surface area contributed by atoms with Gasteiger partial charge in [-0.05, 0) is 59.7 Å². The molecule has 4 aromatic carbocycles. The number of nitrogens with one attached hydrogen (secondary N) is 1. The molecule has 0 aliphatic carbocycles. The van der Waals surface area contributed by atoms with E-state index in [1.165, 1.54) is 24.3 Å². The van der Waals surface area contributed by atoms with Crippen LogP contribution in [-0.4, -0.2) is 42.0 Å². The molecule has 7 nitrogen and oxygen atoms in total. The Hall–Kier alpha value is -3.87. The van der Waals surface area contributed by atoms with Gasteiger partial charge in [0.05, 0.1) is 6.61 Å². The molecule has 240 valence electrons. The Kier molecular flexibility index (Phi) is 10.7. The molecule has 5 rings (SSSR count). The summed E-state index contributed by atoms with van der Waals surface area (Å²) in [4.78, 5) is 19.5. The summed E-state index contributed by atoms with van der Waals surface area (Å²) in [5.41, 5.74) is 1.24. The second kappa shape index (κ2) is 14.7. The SMILES string of the molecule is O=C(NCc1ccc(OC(F)(F)F)cc1)[C@]1(Cc2ccccc2Br)N=C(c2ccc(OCCCO)cc2)O[C@@H]1c1ccccc1Br. The highest BCUT2D eigenvalue weighted by atomic mass is 79.9. The van der Waals surface area contributed by atoms with E-state index in [0.717, 1.165) is 14.5 Å². The van der Waals surface area contributed by atoms with E-state index in [1.54, 1.807) is 24.3 Å². The molecule has 0 saturated carbocycles. The van der Waals surface area contributed by atoms with Gasteiger partial charge < -0.3 is 24.6 Å². The molecule has 1 amide bonds. The molecule has 0 saturated heterocycles. The van der Waals surface area contributed by atoms with Crippen LogP contribution in [0.15, 0.2) is 111 Å². The number of aliphatic imine (C=N–C) groups is 1. The zero-order valence-electron chi connectivity index (χ0n) is 24.3. The molecule has 0 fully saturated rings. The first kappa shape index (κ1) is 33.5. The summed E-state index contributed by atoms with van der Waals surface area (Å²) in [5.74, 6) is 0.0874. The highest BCUT2D eigenvalue weighted by molar-refractivity contribution is 9.10. The number of aliphatic hydroxyl groups is 1. The highest BCUT2D eigenvalue weighted by Crippen LogP contribution is 2.45. The van der Waals surface area contributed by atoms with Gasteiger partial charge in [0.2, 0.25) is 5.90 Å². The van der Waals surface area contributed by atoms with Gasteiger partial charge in [0.1, 0.15) is 11.5 Å². The molecule has 0 radical (unpaired) electrons. The summed E-state index contributed by atoms with van der Waals surface area (Å²) in [7, 11) is 0. The van der Waals surface area contributed by atoms with Gasteiger partial charge in [0, 0.05) is 46.1 Å². The van der Waals surface area contributed by atoms with Crippen LogP contribution in [0.5, 0.6) is 11.5 Å². The summed E-state index contributed by atoms with van der Waals surface area (Å²) in [6.45, 7) is 0.416. The van der Waals surface area contributed by atoms with Crippen LogP contribution in [0.2, 0.25) is 0 Å². The molecule has 4 aromatic rings. The van der Waals surface area contributed by atoms with E-state index in [4.69, 9.17) is 19.6 Å². The van der Waals surface area contributed by atoms with Crippen LogP contribution in [0.25, 0.3) is 0 Å². The average molecular weight is 762 g/mol. The van der Waals surface area contributed by atoms with E-state index in [9.17, 15) is 18.0 Å². The largest absolute Gasteiger partial charge is 0.573 e. The van der Waals surface area contributed by atoms with E-state index in [1.807, 2.05) is 48.5 Å². The van der Waals surface area contributed by atoms with Crippen LogP contribution in [0.4, 0.5) is 13.2 Å². The van der Waals surface area contributed by atoms with E-state index in [2.05, 4.69) is 41.9 Å². The maximum atomic E-state index is 14.4. The lowest BCUT2D eigenvalue weighted by molar-refractivity contribution is -0.274. The number of benzene rings is 4. The lowest BCUT2D eigenvalue weighted by atomic mass is 9.82. The van der Waals surface area contributed by atoms with Gasteiger partial charge in [-0.3, -0.25) is 4.79 Å². The molecule has 12 heteroatoms. The first-order valence-electron chi connectivity index (χ1n) is 14.3. The number of amides is 1. The minimum Gasteiger partial charge on any atom is -0.494 e. The molecule has 1 aliphatic heterocycles. The number of aliphatic hydroxyl groups excluding tert-OH is 1. The van der Waals surface area contributed by atoms with Crippen LogP contribution in [0.3, 0.4) is 0 Å². The van der Waals surface area contributed by atoms with Gasteiger partial charge in [-0.25, -0.2) is 4.99 Å². The predicted octanol–water partition coefficient (Wildman–Crippen LogP) is 7.69. The van der Waals surface area contributed by atoms with Crippen molar-refractivity contribution in [2.24, 2.45) is 4.99 Å². The van der Waals surface area contributed by atoms with Crippen molar-refractivity contribution in [1.29, 1.82) is 0 Å². The number of halogens is 5. The Bertz CT molecular complexity index is 1680. The van der Waals surface area contributed by atoms with Gasteiger partial charge in [0.25, 0.3) is 5.91 Å². The molecule has 0 bridgehead atoms. The quantitative estimate of drug-likeness (QED) is 0.145. The fourth-order valence-electron chi connectivity index (χ4n) is 5.02. The molecule has 1 aliphatic rings. The van der Waals surface area contributed by atoms with E-state index >= 15 is 0 Å². The van der Waals surface area contributed by atoms with Crippen LogP contribution < -0.4 is 14.8 Å². The smallest absolute Gasteiger partial charge is 0.494 e. The fraction of sp³-hybridized carbons (Fsp3) is 0.235. The number of rotatable bonds is 12. The number of alkyl halides is 3. The molecule has 0 spiro atoms. The van der Waals surface area contributed by atoms with Crippen molar-refractivity contribution in [2.75, 3.05) is 13.2 Å². The van der Waals surface area contributed by atoms with Gasteiger partial charge >= 0.3 is 6.36 Å². The average Bonchev–Trinajstić information content (AvgIpc) is 3.42. The van der Waals surface area contributed by atoms with Crippen LogP contribution in [-0.2, 0) is 22.5 Å². The molecule has 2 N–H and O–H groups in total. The Morgan fingerprint density at radius 3 is 2.22 bits per heavy atom. The number of carbonyl (C=O) groups is 1. The van der Waals surface area contributed by atoms with Crippen molar-refractivity contribution >= 4 is 43.7 Å². The van der Waals surface area contributed by atoms with Crippen molar-refractivity contribution in [1.82, 2.24) is 5.32 Å². The van der Waals surface area contributed by atoms with E-state index < -0.39 is 23.9 Å². The third-order valence-corrected chi connectivity index (χ3v) is 8.74. The first-order valence-corrected chi connectivity index (χ1v) is 15.9. The number of hydrogen-bond donors (Lipinski definition) is 2. The third kappa shape index (κ3) is 8.09. The summed E-state index contributed by atoms with van der Waals surface area (Å²) in [6.07, 6.45) is -4.99. The maximum absolute atomic E-state index is 14.4. The molecular formula is C34H29Br2F3N2O5. The Labute approximate surface area is 280 Å². The second-order valence-electron chi connectivity index (χ2n) is 10.5. The second-order valence-corrected chi connectivity index (χ2v) is 12.2. The van der Waals surface area contributed by atoms with Gasteiger partial charge in [-0.1, -0.05) is 80.4 Å². The lowest BCUT2D eigenvalue weighted by Crippen LogP contribution is -2.49. The van der Waals surface area contributed by atoms with Crippen molar-refractivity contribution in [3.05, 3.63) is 128 Å². The van der Waals surface area contributed by atoms with Crippen molar-refractivity contribution in [2.45, 2.75) is 37.4 Å². The molecule has 0 unspecified atom stereocenters. The topological polar surface area (TPSA) is 89.4 Å². The summed E-state index contributed by atoms with van der Waals surface area (Å²) in [5, 5.41) is 12.0. The van der Waals surface area contributed by atoms with Gasteiger partial charge in [-0.2, -0.15) is 0 Å². The van der Waals surface area contributed by atoms with Crippen LogP contribution >= 0.6 is 31.9 Å². The van der Waals surface area contributed by atoms with Crippen LogP contribution in [0.1, 0.15) is 34.8 Å². The minimum atomic E-state index is -4.81. The lowest BCUT2D eigenvalue weighted by Gasteiger charge is -2.31. The zero-order chi connectivity index (χ0) is 32.7. The predicted molar refractivity (Wildman–Crippen MR) is 174 cm³/mol. The Balaban J connectivity index is 1.52. The standard InChI is InChI=1S/C34H29Br2F3N2O5/c35-28-8-3-1-6-24(28)20-33(32(43)40-21-22-10-14-26(15-11-22)46-34(37,38)39)30(27-7-2-4-9-29(27)36)45-31(41-33)23-12-16-25(17-13-23)44-19-5-18-42/h1-4,6-17,30,42H,5,18-21H2,(H,40,43)/t30-,33-/m1/s1. The number of hydrogen-bond acceptors (Lipinski definition) is 6. The van der Waals surface area contributed by atoms with E-state index in [0.29, 0.717) is 35.5 Å². The van der Waals surface area contributed by atoms with Crippen molar-refractivity contribution in [3.8, 4) is 11.5 Å². The Morgan fingerprint density at radius 1 is 0.913 bits per heavy atom. The zero-order valence-corrected chi connectivity index (χ0v) is 27.4. The summed E-state index contributed by atoms with van der Waals surface area (Å²) >= 11 is 7.24. The summed E-state index contributed by atoms with van der Waals surface area (Å²) < 4.78 is 55.6. The van der Waals surface area contributed by atoms with Gasteiger partial charge in [-0.15, -0.1) is 13.2 Å². The normalized spacial score (nSPS) is 17.6. The highest BCUT2D eigenvalue weighted by Gasteiger charge is 2.54. The van der Waals surface area contributed by atoms with Crippen LogP contribution in [0, 0.1) is 0 Å². The third-order valence-electron chi connectivity index (χ3n) is 7.25. The first-order chi connectivity index (χ1) is 22.1. The minimum absolute atomic E-state index is 0.0241. The van der Waals surface area contributed by atoms with Gasteiger partial charge in [0.15, 0.2) is 11.6 Å². The van der Waals surface area contributed by atoms with E-state index in [-0.39, 0.29) is 31.2 Å². The van der Waals surface area contributed by atoms with Crippen molar-refractivity contribution in [3.63, 3.8) is 0 Å². The molecule has 0 aromatic heterocycles. The molecule has 2 atom stereocenters. The Morgan fingerprint density at radius 2 is 1.57 bits per heavy atom. The molecule has 1 heterocycles. The molecular weight excluding hydrogens is 733 g/mol. The summed E-state index contributed by atoms with van der Waals surface area (Å²) in [6, 6.07) is 27.4.